The fourth-order valence-electron chi connectivity index (χ4n) is 1.75. The fourth-order valence-corrected chi connectivity index (χ4v) is 2.30. The zero-order valence-corrected chi connectivity index (χ0v) is 12.1. The van der Waals surface area contributed by atoms with Crippen LogP contribution in [0.5, 0.6) is 11.6 Å². The Kier molecular flexibility index (Phi) is 3.90. The number of nitrogens with one attached hydrogen (secondary N) is 1. The number of hydrogen-bond acceptors (Lipinski definition) is 4. The van der Waals surface area contributed by atoms with Gasteiger partial charge in [-0.05, 0) is 40.5 Å². The molecule has 0 atom stereocenters. The summed E-state index contributed by atoms with van der Waals surface area (Å²) < 4.78 is 5.88. The van der Waals surface area contributed by atoms with Gasteiger partial charge in [0.15, 0.2) is 0 Å². The van der Waals surface area contributed by atoms with Crippen molar-refractivity contribution < 1.29 is 9.84 Å². The second-order valence-electron chi connectivity index (χ2n) is 3.92. The van der Waals surface area contributed by atoms with Gasteiger partial charge in [0, 0.05) is 5.56 Å². The first-order valence-electron chi connectivity index (χ1n) is 5.72. The number of aromatic hydroxyl groups is 1. The average Bonchev–Trinajstić information content (AvgIpc) is 2.38. The van der Waals surface area contributed by atoms with Crippen LogP contribution in [0.1, 0.15) is 12.5 Å². The predicted octanol–water partition coefficient (Wildman–Crippen LogP) is 2.48. The Bertz CT molecular complexity index is 667. The Morgan fingerprint density at radius 3 is 2.74 bits per heavy atom. The van der Waals surface area contributed by atoms with E-state index in [1.807, 2.05) is 0 Å². The van der Waals surface area contributed by atoms with Gasteiger partial charge >= 0.3 is 0 Å². The van der Waals surface area contributed by atoms with E-state index in [0.717, 1.165) is 4.47 Å². The van der Waals surface area contributed by atoms with Crippen LogP contribution in [0.4, 0.5) is 0 Å². The summed E-state index contributed by atoms with van der Waals surface area (Å²) in [6, 6.07) is 5.28. The van der Waals surface area contributed by atoms with E-state index >= 15 is 0 Å². The van der Waals surface area contributed by atoms with Crippen LogP contribution in [0.25, 0.3) is 11.4 Å². The van der Waals surface area contributed by atoms with E-state index in [-0.39, 0.29) is 17.0 Å². The van der Waals surface area contributed by atoms with E-state index in [1.54, 1.807) is 32.2 Å². The van der Waals surface area contributed by atoms with Crippen LogP contribution in [0.15, 0.2) is 27.5 Å². The van der Waals surface area contributed by atoms with E-state index in [0.29, 0.717) is 23.6 Å². The number of aromatic amines is 1. The highest BCUT2D eigenvalue weighted by Crippen LogP contribution is 2.29. The Balaban J connectivity index is 2.54. The van der Waals surface area contributed by atoms with Crippen molar-refractivity contribution in [3.05, 3.63) is 38.6 Å². The average molecular weight is 325 g/mol. The second-order valence-corrected chi connectivity index (χ2v) is 4.77. The Morgan fingerprint density at radius 1 is 1.47 bits per heavy atom. The topological polar surface area (TPSA) is 75.2 Å². The van der Waals surface area contributed by atoms with Gasteiger partial charge < -0.3 is 14.8 Å². The maximum Gasteiger partial charge on any atom is 0.258 e. The molecule has 0 unspecified atom stereocenters. The quantitative estimate of drug-likeness (QED) is 0.909. The van der Waals surface area contributed by atoms with Gasteiger partial charge in [0.25, 0.3) is 5.56 Å². The van der Waals surface area contributed by atoms with Crippen LogP contribution in [-0.2, 0) is 6.42 Å². The van der Waals surface area contributed by atoms with E-state index in [9.17, 15) is 9.90 Å². The first kappa shape index (κ1) is 13.6. The van der Waals surface area contributed by atoms with Gasteiger partial charge in [0.2, 0.25) is 5.88 Å². The normalized spacial score (nSPS) is 10.5. The van der Waals surface area contributed by atoms with Gasteiger partial charge in [0.05, 0.1) is 17.1 Å². The summed E-state index contributed by atoms with van der Waals surface area (Å²) >= 11 is 3.36. The lowest BCUT2D eigenvalue weighted by Crippen LogP contribution is -2.14. The standard InChI is InChI=1S/C13H13BrN2O3/c1-3-8-12(17)15-11(16-13(8)18)7-4-5-10(19-2)9(14)6-7/h4-6H,3H2,1-2H3,(H2,15,16,17,18). The SMILES string of the molecule is CCc1c(O)nc(-c2ccc(OC)c(Br)c2)[nH]c1=O. The zero-order chi connectivity index (χ0) is 14.0. The molecule has 1 aromatic heterocycles. The number of rotatable bonds is 3. The Labute approximate surface area is 118 Å². The minimum atomic E-state index is -0.322. The van der Waals surface area contributed by atoms with Crippen molar-refractivity contribution >= 4 is 15.9 Å². The summed E-state index contributed by atoms with van der Waals surface area (Å²) in [6.07, 6.45) is 0.431. The number of ether oxygens (including phenoxy) is 1. The highest BCUT2D eigenvalue weighted by molar-refractivity contribution is 9.10. The Morgan fingerprint density at radius 2 is 2.21 bits per heavy atom. The van der Waals surface area contributed by atoms with E-state index in [1.165, 1.54) is 0 Å². The maximum atomic E-state index is 11.8. The molecule has 2 N–H and O–H groups in total. The summed E-state index contributed by atoms with van der Waals surface area (Å²) in [5, 5.41) is 9.74. The molecule has 0 spiro atoms. The molecule has 0 amide bonds. The summed E-state index contributed by atoms with van der Waals surface area (Å²) in [4.78, 5) is 18.5. The van der Waals surface area contributed by atoms with Gasteiger partial charge in [-0.15, -0.1) is 0 Å². The van der Waals surface area contributed by atoms with Crippen molar-refractivity contribution in [1.82, 2.24) is 9.97 Å². The molecule has 2 aromatic rings. The lowest BCUT2D eigenvalue weighted by molar-refractivity contribution is 0.412. The minimum Gasteiger partial charge on any atom is -0.496 e. The summed E-state index contributed by atoms with van der Waals surface area (Å²) in [6.45, 7) is 1.79. The molecule has 0 radical (unpaired) electrons. The van der Waals surface area contributed by atoms with Crippen molar-refractivity contribution in [1.29, 1.82) is 0 Å². The fraction of sp³-hybridized carbons (Fsp3) is 0.231. The molecule has 6 heteroatoms. The van der Waals surface area contributed by atoms with Crippen LogP contribution in [0.3, 0.4) is 0 Å². The Hall–Kier alpha value is -1.82. The van der Waals surface area contributed by atoms with E-state index in [2.05, 4.69) is 25.9 Å². The number of benzene rings is 1. The third-order valence-electron chi connectivity index (χ3n) is 2.77. The number of methoxy groups -OCH3 is 1. The molecule has 5 nitrogen and oxygen atoms in total. The van der Waals surface area contributed by atoms with Crippen molar-refractivity contribution in [3.63, 3.8) is 0 Å². The highest BCUT2D eigenvalue weighted by Gasteiger charge is 2.11. The number of hydrogen-bond donors (Lipinski definition) is 2. The van der Waals surface area contributed by atoms with Gasteiger partial charge in [-0.25, -0.2) is 0 Å². The third-order valence-corrected chi connectivity index (χ3v) is 3.39. The molecule has 0 saturated heterocycles. The molecule has 19 heavy (non-hydrogen) atoms. The lowest BCUT2D eigenvalue weighted by atomic mass is 10.2. The van der Waals surface area contributed by atoms with Crippen molar-refractivity contribution in [3.8, 4) is 23.0 Å². The molecule has 0 aliphatic carbocycles. The molecule has 1 heterocycles. The lowest BCUT2D eigenvalue weighted by Gasteiger charge is -2.07. The van der Waals surface area contributed by atoms with Gasteiger partial charge in [-0.2, -0.15) is 4.98 Å². The van der Waals surface area contributed by atoms with Crippen LogP contribution in [0, 0.1) is 0 Å². The number of aromatic nitrogens is 2. The molecular weight excluding hydrogens is 312 g/mol. The van der Waals surface area contributed by atoms with E-state index < -0.39 is 0 Å². The molecule has 2 rings (SSSR count). The van der Waals surface area contributed by atoms with Gasteiger partial charge in [-0.1, -0.05) is 6.92 Å². The highest BCUT2D eigenvalue weighted by atomic mass is 79.9. The second kappa shape index (κ2) is 5.44. The summed E-state index contributed by atoms with van der Waals surface area (Å²) in [7, 11) is 1.57. The van der Waals surface area contributed by atoms with Crippen molar-refractivity contribution in [2.75, 3.05) is 7.11 Å². The van der Waals surface area contributed by atoms with Gasteiger partial charge in [-0.3, -0.25) is 4.79 Å². The first-order valence-corrected chi connectivity index (χ1v) is 6.52. The summed E-state index contributed by atoms with van der Waals surface area (Å²) in [5.41, 5.74) is 0.649. The van der Waals surface area contributed by atoms with Crippen LogP contribution >= 0.6 is 15.9 Å². The molecule has 1 aromatic carbocycles. The number of H-pyrrole nitrogens is 1. The molecule has 0 aliphatic rings. The van der Waals surface area contributed by atoms with Crippen LogP contribution < -0.4 is 10.3 Å². The van der Waals surface area contributed by atoms with E-state index in [4.69, 9.17) is 4.74 Å². The number of nitrogens with zero attached hydrogens (tertiary/aromatic N) is 1. The first-order chi connectivity index (χ1) is 9.06. The molecule has 100 valence electrons. The van der Waals surface area contributed by atoms with Crippen LogP contribution in [-0.4, -0.2) is 22.2 Å². The third kappa shape index (κ3) is 2.63. The largest absolute Gasteiger partial charge is 0.496 e. The van der Waals surface area contributed by atoms with Crippen LogP contribution in [0.2, 0.25) is 0 Å². The van der Waals surface area contributed by atoms with Gasteiger partial charge in [0.1, 0.15) is 11.6 Å². The maximum absolute atomic E-state index is 11.8. The number of halogens is 1. The summed E-state index contributed by atoms with van der Waals surface area (Å²) in [5.74, 6) is 0.775. The predicted molar refractivity (Wildman–Crippen MR) is 75.6 cm³/mol. The minimum absolute atomic E-state index is 0.229. The zero-order valence-electron chi connectivity index (χ0n) is 10.5. The molecule has 0 saturated carbocycles. The van der Waals surface area contributed by atoms with Crippen molar-refractivity contribution in [2.45, 2.75) is 13.3 Å². The smallest absolute Gasteiger partial charge is 0.258 e. The molecule has 0 fully saturated rings. The van der Waals surface area contributed by atoms with Crippen molar-refractivity contribution in [2.24, 2.45) is 0 Å². The monoisotopic (exact) mass is 324 g/mol. The molecular formula is C13H13BrN2O3. The molecule has 0 bridgehead atoms. The molecule has 0 aliphatic heterocycles.